The second-order valence-corrected chi connectivity index (χ2v) is 4.61. The normalized spacial score (nSPS) is 13.5. The Morgan fingerprint density at radius 2 is 2.36 bits per heavy atom. The Balaban J connectivity index is 2.26. The summed E-state index contributed by atoms with van der Waals surface area (Å²) in [6, 6.07) is 5.95. The van der Waals surface area contributed by atoms with Gasteiger partial charge in [0, 0.05) is 21.9 Å². The van der Waals surface area contributed by atoms with Crippen molar-refractivity contribution in [3.63, 3.8) is 0 Å². The molecule has 2 nitrogen and oxygen atoms in total. The highest BCUT2D eigenvalue weighted by Crippen LogP contribution is 2.36. The van der Waals surface area contributed by atoms with Gasteiger partial charge >= 0.3 is 0 Å². The molecule has 1 aliphatic rings. The number of rotatable bonds is 0. The maximum atomic E-state index is 5.94. The van der Waals surface area contributed by atoms with E-state index in [0.717, 1.165) is 10.8 Å². The van der Waals surface area contributed by atoms with Gasteiger partial charge in [0.15, 0.2) is 0 Å². The summed E-state index contributed by atoms with van der Waals surface area (Å²) < 4.78 is 2.11. The van der Waals surface area contributed by atoms with E-state index in [1.165, 1.54) is 16.3 Å². The Bertz CT molecular complexity index is 493. The van der Waals surface area contributed by atoms with Crippen LogP contribution >= 0.6 is 23.4 Å². The summed E-state index contributed by atoms with van der Waals surface area (Å²) in [6.07, 6.45) is 3.76. The number of benzene rings is 1. The fourth-order valence-corrected chi connectivity index (χ4v) is 2.88. The third-order valence-corrected chi connectivity index (χ3v) is 3.59. The third-order valence-electron chi connectivity index (χ3n) is 2.27. The predicted octanol–water partition coefficient (Wildman–Crippen LogP) is 3.13. The molecule has 0 fully saturated rings. The number of halogens is 1. The van der Waals surface area contributed by atoms with Crippen LogP contribution in [0.4, 0.5) is 0 Å². The van der Waals surface area contributed by atoms with Crippen molar-refractivity contribution in [1.29, 1.82) is 0 Å². The molecule has 0 unspecified atom stereocenters. The van der Waals surface area contributed by atoms with E-state index in [0.29, 0.717) is 0 Å². The Labute approximate surface area is 90.9 Å². The molecule has 14 heavy (non-hydrogen) atoms. The molecule has 2 heterocycles. The molecule has 0 saturated heterocycles. The van der Waals surface area contributed by atoms with Crippen molar-refractivity contribution >= 4 is 23.4 Å². The van der Waals surface area contributed by atoms with Gasteiger partial charge in [-0.3, -0.25) is 0 Å². The van der Waals surface area contributed by atoms with E-state index in [4.69, 9.17) is 11.6 Å². The largest absolute Gasteiger partial charge is 0.301 e. The first-order valence-electron chi connectivity index (χ1n) is 4.28. The Morgan fingerprint density at radius 1 is 1.43 bits per heavy atom. The van der Waals surface area contributed by atoms with E-state index >= 15 is 0 Å². The minimum atomic E-state index is 0.791. The van der Waals surface area contributed by atoms with Crippen molar-refractivity contribution < 1.29 is 0 Å². The van der Waals surface area contributed by atoms with Crippen LogP contribution < -0.4 is 0 Å². The average Bonchev–Trinajstić information content (AvgIpc) is 2.65. The fraction of sp³-hybridized carbons (Fsp3) is 0.100. The average molecular weight is 223 g/mol. The van der Waals surface area contributed by atoms with Crippen molar-refractivity contribution in [2.75, 3.05) is 0 Å². The van der Waals surface area contributed by atoms with E-state index in [9.17, 15) is 0 Å². The second kappa shape index (κ2) is 3.04. The zero-order valence-corrected chi connectivity index (χ0v) is 8.85. The molecular weight excluding hydrogens is 216 g/mol. The minimum absolute atomic E-state index is 0.791. The van der Waals surface area contributed by atoms with Crippen LogP contribution in [0.2, 0.25) is 5.02 Å². The van der Waals surface area contributed by atoms with E-state index in [2.05, 4.69) is 9.55 Å². The molecule has 0 atom stereocenters. The quantitative estimate of drug-likeness (QED) is 0.682. The van der Waals surface area contributed by atoms with Crippen LogP contribution in [0.5, 0.6) is 0 Å². The highest BCUT2D eigenvalue weighted by molar-refractivity contribution is 7.98. The fourth-order valence-electron chi connectivity index (χ4n) is 1.60. The lowest BCUT2D eigenvalue weighted by atomic mass is 10.3. The van der Waals surface area contributed by atoms with Crippen LogP contribution in [0.1, 0.15) is 5.69 Å². The maximum absolute atomic E-state index is 5.94. The Hall–Kier alpha value is -0.930. The molecular formula is C10H7ClN2S. The summed E-state index contributed by atoms with van der Waals surface area (Å²) >= 11 is 7.74. The lowest BCUT2D eigenvalue weighted by Gasteiger charge is -2.17. The van der Waals surface area contributed by atoms with Crippen LogP contribution in [0.3, 0.4) is 0 Å². The maximum Gasteiger partial charge on any atom is 0.0994 e. The number of imidazole rings is 1. The molecule has 1 aromatic carbocycles. The molecule has 2 aromatic rings. The van der Waals surface area contributed by atoms with Gasteiger partial charge in [-0.1, -0.05) is 11.6 Å². The lowest BCUT2D eigenvalue weighted by Crippen LogP contribution is -2.03. The molecule has 0 radical (unpaired) electrons. The standard InChI is InChI=1S/C10H7ClN2S/c11-7-1-2-9-10(3-7)14-5-8-4-12-6-13(8)9/h1-4,6H,5H2. The summed E-state index contributed by atoms with van der Waals surface area (Å²) in [5.41, 5.74) is 2.42. The molecule has 0 bridgehead atoms. The number of fused-ring (bicyclic) bond motifs is 3. The monoisotopic (exact) mass is 222 g/mol. The van der Waals surface area contributed by atoms with Crippen LogP contribution in [0.25, 0.3) is 5.69 Å². The lowest BCUT2D eigenvalue weighted by molar-refractivity contribution is 0.951. The van der Waals surface area contributed by atoms with Gasteiger partial charge in [0.1, 0.15) is 0 Å². The minimum Gasteiger partial charge on any atom is -0.301 e. The molecule has 0 spiro atoms. The predicted molar refractivity (Wildman–Crippen MR) is 58.1 cm³/mol. The van der Waals surface area contributed by atoms with Crippen molar-refractivity contribution in [1.82, 2.24) is 9.55 Å². The van der Waals surface area contributed by atoms with Gasteiger partial charge in [-0.2, -0.15) is 0 Å². The van der Waals surface area contributed by atoms with Gasteiger partial charge in [0.05, 0.1) is 17.7 Å². The van der Waals surface area contributed by atoms with Crippen molar-refractivity contribution in [2.45, 2.75) is 10.6 Å². The van der Waals surface area contributed by atoms with Gasteiger partial charge in [0.2, 0.25) is 0 Å². The van der Waals surface area contributed by atoms with Crippen molar-refractivity contribution in [2.24, 2.45) is 0 Å². The molecule has 0 N–H and O–H groups in total. The first kappa shape index (κ1) is 8.38. The number of hydrogen-bond donors (Lipinski definition) is 0. The first-order valence-corrected chi connectivity index (χ1v) is 5.65. The van der Waals surface area contributed by atoms with Crippen molar-refractivity contribution in [3.05, 3.63) is 41.4 Å². The van der Waals surface area contributed by atoms with Gasteiger partial charge in [-0.15, -0.1) is 11.8 Å². The van der Waals surface area contributed by atoms with Crippen molar-refractivity contribution in [3.8, 4) is 5.69 Å². The first-order chi connectivity index (χ1) is 6.84. The number of nitrogens with zero attached hydrogens (tertiary/aromatic N) is 2. The van der Waals surface area contributed by atoms with Crippen LogP contribution in [0.15, 0.2) is 35.6 Å². The second-order valence-electron chi connectivity index (χ2n) is 3.16. The van der Waals surface area contributed by atoms with Gasteiger partial charge in [0.25, 0.3) is 0 Å². The zero-order chi connectivity index (χ0) is 9.54. The molecule has 4 heteroatoms. The number of hydrogen-bond acceptors (Lipinski definition) is 2. The summed E-state index contributed by atoms with van der Waals surface area (Å²) in [5.74, 6) is 0.966. The molecule has 0 amide bonds. The highest BCUT2D eigenvalue weighted by Gasteiger charge is 2.15. The Kier molecular flexibility index (Phi) is 1.82. The number of thioether (sulfide) groups is 1. The smallest absolute Gasteiger partial charge is 0.0994 e. The molecule has 70 valence electrons. The SMILES string of the molecule is Clc1ccc2c(c1)SCc1cncn1-2. The summed E-state index contributed by atoms with van der Waals surface area (Å²) in [5, 5.41) is 0.791. The van der Waals surface area contributed by atoms with E-state index < -0.39 is 0 Å². The summed E-state index contributed by atoms with van der Waals surface area (Å²) in [7, 11) is 0. The zero-order valence-electron chi connectivity index (χ0n) is 7.27. The third kappa shape index (κ3) is 1.16. The van der Waals surface area contributed by atoms with Gasteiger partial charge in [-0.25, -0.2) is 4.98 Å². The van der Waals surface area contributed by atoms with Crippen LogP contribution in [0, 0.1) is 0 Å². The highest BCUT2D eigenvalue weighted by atomic mass is 35.5. The van der Waals surface area contributed by atoms with Crippen LogP contribution in [-0.4, -0.2) is 9.55 Å². The molecule has 1 aromatic heterocycles. The van der Waals surface area contributed by atoms with E-state index in [1.54, 1.807) is 11.8 Å². The van der Waals surface area contributed by atoms with E-state index in [1.807, 2.05) is 30.7 Å². The molecule has 3 rings (SSSR count). The van der Waals surface area contributed by atoms with E-state index in [-0.39, 0.29) is 0 Å². The molecule has 0 aliphatic carbocycles. The summed E-state index contributed by atoms with van der Waals surface area (Å²) in [6.45, 7) is 0. The summed E-state index contributed by atoms with van der Waals surface area (Å²) in [4.78, 5) is 5.37. The van der Waals surface area contributed by atoms with Crippen LogP contribution in [-0.2, 0) is 5.75 Å². The van der Waals surface area contributed by atoms with Gasteiger partial charge < -0.3 is 4.57 Å². The number of aromatic nitrogens is 2. The molecule has 0 saturated carbocycles. The topological polar surface area (TPSA) is 17.8 Å². The molecule has 1 aliphatic heterocycles. The van der Waals surface area contributed by atoms with Gasteiger partial charge in [-0.05, 0) is 18.2 Å². The Morgan fingerprint density at radius 3 is 3.29 bits per heavy atom.